The van der Waals surface area contributed by atoms with E-state index in [1.807, 2.05) is 6.92 Å². The van der Waals surface area contributed by atoms with Gasteiger partial charge in [-0.25, -0.2) is 13.1 Å². The highest BCUT2D eigenvalue weighted by Crippen LogP contribution is 2.25. The molecule has 1 heterocycles. The van der Waals surface area contributed by atoms with Gasteiger partial charge in [-0.2, -0.15) is 0 Å². The molecule has 0 saturated heterocycles. The molecule has 1 rings (SSSR count). The van der Waals surface area contributed by atoms with E-state index < -0.39 is 10.0 Å². The predicted molar refractivity (Wildman–Crippen MR) is 90.4 cm³/mol. The second-order valence-corrected chi connectivity index (χ2v) is 8.80. The summed E-state index contributed by atoms with van der Waals surface area (Å²) >= 11 is 1.36. The molecule has 0 radical (unpaired) electrons. The second kappa shape index (κ2) is 8.88. The Morgan fingerprint density at radius 3 is 2.57 bits per heavy atom. The van der Waals surface area contributed by atoms with Crippen LogP contribution in [0.3, 0.4) is 0 Å². The van der Waals surface area contributed by atoms with Gasteiger partial charge < -0.3 is 5.32 Å². The normalized spacial score (nSPS) is 12.2. The third-order valence-corrected chi connectivity index (χ3v) is 6.43. The molecule has 0 amide bonds. The first-order valence-electron chi connectivity index (χ1n) is 7.69. The van der Waals surface area contributed by atoms with Gasteiger partial charge in [-0.3, -0.25) is 0 Å². The van der Waals surface area contributed by atoms with Gasteiger partial charge in [0.2, 0.25) is 10.0 Å². The summed E-state index contributed by atoms with van der Waals surface area (Å²) in [4.78, 5) is 1.09. The number of nitrogens with one attached hydrogen (secondary N) is 2. The number of aryl methyl sites for hydroxylation is 1. The van der Waals surface area contributed by atoms with Gasteiger partial charge in [-0.15, -0.1) is 11.3 Å². The van der Waals surface area contributed by atoms with Gasteiger partial charge in [-0.05, 0) is 25.0 Å². The maximum absolute atomic E-state index is 12.2. The number of sulfonamides is 1. The zero-order valence-electron chi connectivity index (χ0n) is 13.5. The molecule has 0 aliphatic carbocycles. The lowest BCUT2D eigenvalue weighted by Crippen LogP contribution is -2.24. The molecule has 0 spiro atoms. The minimum absolute atomic E-state index is 0.392. The van der Waals surface area contributed by atoms with E-state index in [1.54, 1.807) is 6.07 Å². The number of hydrogen-bond acceptors (Lipinski definition) is 4. The van der Waals surface area contributed by atoms with Crippen LogP contribution in [0.25, 0.3) is 0 Å². The molecule has 2 N–H and O–H groups in total. The first-order valence-corrected chi connectivity index (χ1v) is 9.99. The van der Waals surface area contributed by atoms with Crippen molar-refractivity contribution in [2.45, 2.75) is 70.2 Å². The molecule has 0 unspecified atom stereocenters. The van der Waals surface area contributed by atoms with Gasteiger partial charge in [-0.1, -0.05) is 40.0 Å². The molecule has 1 aromatic rings. The topological polar surface area (TPSA) is 58.2 Å². The SMILES string of the molecule is CCCCCCNS(=O)(=O)c1cc(C)c(CNC(C)C)s1. The quantitative estimate of drug-likeness (QED) is 0.646. The number of rotatable bonds is 10. The van der Waals surface area contributed by atoms with Crippen LogP contribution in [0, 0.1) is 6.92 Å². The highest BCUT2D eigenvalue weighted by Gasteiger charge is 2.18. The molecule has 0 bridgehead atoms. The molecule has 0 atom stereocenters. The van der Waals surface area contributed by atoms with Crippen LogP contribution in [0.4, 0.5) is 0 Å². The van der Waals surface area contributed by atoms with Crippen molar-refractivity contribution in [1.29, 1.82) is 0 Å². The first kappa shape index (κ1) is 18.6. The summed E-state index contributed by atoms with van der Waals surface area (Å²) in [5.74, 6) is 0. The van der Waals surface area contributed by atoms with E-state index in [2.05, 4.69) is 30.8 Å². The second-order valence-electron chi connectivity index (χ2n) is 5.67. The summed E-state index contributed by atoms with van der Waals surface area (Å²) in [5.41, 5.74) is 1.04. The van der Waals surface area contributed by atoms with Gasteiger partial charge in [0.1, 0.15) is 4.21 Å². The van der Waals surface area contributed by atoms with Crippen molar-refractivity contribution >= 4 is 21.4 Å². The fourth-order valence-electron chi connectivity index (χ4n) is 1.92. The molecule has 0 aliphatic heterocycles. The fraction of sp³-hybridized carbons (Fsp3) is 0.733. The van der Waals surface area contributed by atoms with Gasteiger partial charge in [0, 0.05) is 24.0 Å². The van der Waals surface area contributed by atoms with Crippen molar-refractivity contribution in [2.75, 3.05) is 6.54 Å². The van der Waals surface area contributed by atoms with E-state index in [0.717, 1.165) is 42.7 Å². The van der Waals surface area contributed by atoms with Crippen LogP contribution in [0.5, 0.6) is 0 Å². The Morgan fingerprint density at radius 2 is 1.95 bits per heavy atom. The lowest BCUT2D eigenvalue weighted by atomic mass is 10.2. The van der Waals surface area contributed by atoms with Crippen molar-refractivity contribution in [3.05, 3.63) is 16.5 Å². The van der Waals surface area contributed by atoms with Crippen LogP contribution >= 0.6 is 11.3 Å². The van der Waals surface area contributed by atoms with Gasteiger partial charge in [0.15, 0.2) is 0 Å². The summed E-state index contributed by atoms with van der Waals surface area (Å²) < 4.78 is 27.6. The van der Waals surface area contributed by atoms with E-state index in [0.29, 0.717) is 16.8 Å². The van der Waals surface area contributed by atoms with Crippen LogP contribution in [0.15, 0.2) is 10.3 Å². The Bertz CT molecular complexity index is 522. The zero-order chi connectivity index (χ0) is 15.9. The summed E-state index contributed by atoms with van der Waals surface area (Å²) in [6, 6.07) is 2.17. The van der Waals surface area contributed by atoms with Crippen molar-refractivity contribution in [3.63, 3.8) is 0 Å². The maximum atomic E-state index is 12.2. The van der Waals surface area contributed by atoms with Gasteiger partial charge in [0.25, 0.3) is 0 Å². The van der Waals surface area contributed by atoms with Crippen molar-refractivity contribution < 1.29 is 8.42 Å². The highest BCUT2D eigenvalue weighted by atomic mass is 32.2. The van der Waals surface area contributed by atoms with Crippen molar-refractivity contribution in [1.82, 2.24) is 10.0 Å². The molecule has 0 aliphatic rings. The van der Waals surface area contributed by atoms with Gasteiger partial charge in [0.05, 0.1) is 0 Å². The van der Waals surface area contributed by atoms with Gasteiger partial charge >= 0.3 is 0 Å². The van der Waals surface area contributed by atoms with Crippen molar-refractivity contribution in [3.8, 4) is 0 Å². The molecule has 6 heteroatoms. The summed E-state index contributed by atoms with van der Waals surface area (Å²) in [6.45, 7) is 9.52. The molecular formula is C15H28N2O2S2. The monoisotopic (exact) mass is 332 g/mol. The molecule has 0 aromatic carbocycles. The standard InChI is InChI=1S/C15H28N2O2S2/c1-5-6-7-8-9-17-21(18,19)15-10-13(4)14(20-15)11-16-12(2)3/h10,12,16-17H,5-9,11H2,1-4H3. The average molecular weight is 333 g/mol. The Kier molecular flexibility index (Phi) is 7.87. The van der Waals surface area contributed by atoms with E-state index >= 15 is 0 Å². The maximum Gasteiger partial charge on any atom is 0.250 e. The van der Waals surface area contributed by atoms with E-state index in [9.17, 15) is 8.42 Å². The number of unbranched alkanes of at least 4 members (excludes halogenated alkanes) is 3. The Hall–Kier alpha value is -0.430. The minimum atomic E-state index is -3.35. The Labute approximate surface area is 133 Å². The average Bonchev–Trinajstić information content (AvgIpc) is 2.78. The third-order valence-electron chi connectivity index (χ3n) is 3.26. The third kappa shape index (κ3) is 6.46. The van der Waals surface area contributed by atoms with E-state index in [-0.39, 0.29) is 0 Å². The molecule has 4 nitrogen and oxygen atoms in total. The number of hydrogen-bond donors (Lipinski definition) is 2. The lowest BCUT2D eigenvalue weighted by Gasteiger charge is -2.06. The molecule has 0 saturated carbocycles. The van der Waals surface area contributed by atoms with Crippen LogP contribution in [0.1, 0.15) is 56.9 Å². The molecule has 122 valence electrons. The van der Waals surface area contributed by atoms with Crippen LogP contribution in [0.2, 0.25) is 0 Å². The van der Waals surface area contributed by atoms with Crippen LogP contribution < -0.4 is 10.0 Å². The van der Waals surface area contributed by atoms with E-state index in [1.165, 1.54) is 11.3 Å². The van der Waals surface area contributed by atoms with Crippen LogP contribution in [-0.2, 0) is 16.6 Å². The molecule has 21 heavy (non-hydrogen) atoms. The van der Waals surface area contributed by atoms with E-state index in [4.69, 9.17) is 0 Å². The summed E-state index contributed by atoms with van der Waals surface area (Å²) in [7, 11) is -3.35. The predicted octanol–water partition coefficient (Wildman–Crippen LogP) is 3.41. The smallest absolute Gasteiger partial charge is 0.250 e. The molecule has 0 fully saturated rings. The highest BCUT2D eigenvalue weighted by molar-refractivity contribution is 7.91. The molecule has 1 aromatic heterocycles. The largest absolute Gasteiger partial charge is 0.310 e. The minimum Gasteiger partial charge on any atom is -0.310 e. The fourth-order valence-corrected chi connectivity index (χ4v) is 4.58. The zero-order valence-corrected chi connectivity index (χ0v) is 15.2. The van der Waals surface area contributed by atoms with Crippen LogP contribution in [-0.4, -0.2) is 21.0 Å². The first-order chi connectivity index (χ1) is 9.86. The molecular weight excluding hydrogens is 304 g/mol. The summed E-state index contributed by atoms with van der Waals surface area (Å²) in [6.07, 6.45) is 4.29. The Balaban J connectivity index is 2.60. The number of thiophene rings is 1. The summed E-state index contributed by atoms with van der Waals surface area (Å²) in [5, 5.41) is 3.33. The van der Waals surface area contributed by atoms with Crippen molar-refractivity contribution in [2.24, 2.45) is 0 Å². The Morgan fingerprint density at radius 1 is 1.24 bits per heavy atom. The lowest BCUT2D eigenvalue weighted by molar-refractivity contribution is 0.575.